The molecule has 1 aliphatic heterocycles. The lowest BCUT2D eigenvalue weighted by Crippen LogP contribution is -2.36. The Hall–Kier alpha value is -2.45. The lowest BCUT2D eigenvalue weighted by molar-refractivity contribution is -0.119. The average Bonchev–Trinajstić information content (AvgIpc) is 2.93. The predicted octanol–water partition coefficient (Wildman–Crippen LogP) is 3.71. The molecular weight excluding hydrogens is 433 g/mol. The predicted molar refractivity (Wildman–Crippen MR) is 125 cm³/mol. The van der Waals surface area contributed by atoms with E-state index in [1.54, 1.807) is 6.07 Å². The number of aromatic nitrogens is 2. The molecule has 0 saturated heterocycles. The van der Waals surface area contributed by atoms with E-state index in [9.17, 15) is 14.0 Å². The summed E-state index contributed by atoms with van der Waals surface area (Å²) in [4.78, 5) is 30.7. The first kappa shape index (κ1) is 25.8. The van der Waals surface area contributed by atoms with Gasteiger partial charge < -0.3 is 20.1 Å². The molecule has 1 aromatic heterocycles. The van der Waals surface area contributed by atoms with Crippen molar-refractivity contribution in [3.8, 4) is 11.4 Å². The van der Waals surface area contributed by atoms with E-state index < -0.39 is 11.7 Å². The highest BCUT2D eigenvalue weighted by molar-refractivity contribution is 6.31. The molecule has 0 spiro atoms. The second kappa shape index (κ2) is 10.9. The van der Waals surface area contributed by atoms with E-state index in [2.05, 4.69) is 48.2 Å². The summed E-state index contributed by atoms with van der Waals surface area (Å²) in [5.41, 5.74) is 2.17. The molecule has 1 aliphatic rings. The molecular formula is C23H33ClFN5O2. The zero-order valence-electron chi connectivity index (χ0n) is 19.7. The van der Waals surface area contributed by atoms with Crippen molar-refractivity contribution >= 4 is 23.4 Å². The Kier molecular flexibility index (Phi) is 8.81. The lowest BCUT2D eigenvalue weighted by Gasteiger charge is -2.13. The Labute approximate surface area is 194 Å². The van der Waals surface area contributed by atoms with Gasteiger partial charge in [0, 0.05) is 25.7 Å². The van der Waals surface area contributed by atoms with Crippen LogP contribution >= 0.6 is 11.6 Å². The highest BCUT2D eigenvalue weighted by atomic mass is 35.5. The lowest BCUT2D eigenvalue weighted by atomic mass is 10.0. The maximum Gasteiger partial charge on any atom is 0.272 e. The number of nitrogens with zero attached hydrogens (tertiary/aromatic N) is 3. The Bertz CT molecular complexity index is 962. The smallest absolute Gasteiger partial charge is 0.272 e. The summed E-state index contributed by atoms with van der Waals surface area (Å²) >= 11 is 5.93. The van der Waals surface area contributed by atoms with Crippen LogP contribution in [0.5, 0.6) is 0 Å². The van der Waals surface area contributed by atoms with Gasteiger partial charge in [0.25, 0.3) is 5.91 Å². The van der Waals surface area contributed by atoms with Crippen LogP contribution in [-0.2, 0) is 17.9 Å². The Morgan fingerprint density at radius 1 is 1.22 bits per heavy atom. The summed E-state index contributed by atoms with van der Waals surface area (Å²) in [5.74, 6) is -0.660. The number of nitrogens with one attached hydrogen (secondary N) is 2. The van der Waals surface area contributed by atoms with E-state index in [0.717, 1.165) is 18.7 Å². The molecule has 2 N–H and O–H groups in total. The van der Waals surface area contributed by atoms with Gasteiger partial charge >= 0.3 is 0 Å². The van der Waals surface area contributed by atoms with Gasteiger partial charge in [-0.2, -0.15) is 0 Å². The summed E-state index contributed by atoms with van der Waals surface area (Å²) in [5, 5.41) is 5.05. The van der Waals surface area contributed by atoms with Crippen LogP contribution in [0.2, 0.25) is 5.02 Å². The zero-order chi connectivity index (χ0) is 24.1. The Morgan fingerprint density at radius 3 is 2.47 bits per heavy atom. The molecule has 176 valence electrons. The third kappa shape index (κ3) is 7.31. The number of amides is 2. The standard InChI is InChI=1S/C18H21ClFN5O2.C5H12/c1-21-15(26)9-22-18(27)16-14-10-24(2)6-3-7-25(14)17(23-16)11-4-5-13(20)12(19)8-11;1-5(2,3)4/h4-5,8H,3,6-7,9-10H2,1-2H3,(H,21,26)(H,22,27);1-4H3. The van der Waals surface area contributed by atoms with Gasteiger partial charge in [-0.25, -0.2) is 9.37 Å². The van der Waals surface area contributed by atoms with Crippen molar-refractivity contribution in [3.05, 3.63) is 40.4 Å². The average molecular weight is 466 g/mol. The van der Waals surface area contributed by atoms with Crippen LogP contribution < -0.4 is 10.6 Å². The molecule has 0 bridgehead atoms. The summed E-state index contributed by atoms with van der Waals surface area (Å²) in [7, 11) is 3.48. The molecule has 0 unspecified atom stereocenters. The van der Waals surface area contributed by atoms with Crippen LogP contribution in [0.25, 0.3) is 11.4 Å². The van der Waals surface area contributed by atoms with Crippen LogP contribution in [0, 0.1) is 11.2 Å². The number of hydrogen-bond donors (Lipinski definition) is 2. The van der Waals surface area contributed by atoms with E-state index in [1.807, 2.05) is 11.6 Å². The highest BCUT2D eigenvalue weighted by Gasteiger charge is 2.26. The fraction of sp³-hybridized carbons (Fsp3) is 0.522. The minimum Gasteiger partial charge on any atom is -0.358 e. The van der Waals surface area contributed by atoms with Crippen molar-refractivity contribution in [3.63, 3.8) is 0 Å². The summed E-state index contributed by atoms with van der Waals surface area (Å²) in [6.07, 6.45) is 0.890. The molecule has 0 fully saturated rings. The highest BCUT2D eigenvalue weighted by Crippen LogP contribution is 2.28. The van der Waals surface area contributed by atoms with Gasteiger partial charge in [0.15, 0.2) is 5.69 Å². The van der Waals surface area contributed by atoms with Gasteiger partial charge in [0.05, 0.1) is 17.3 Å². The largest absolute Gasteiger partial charge is 0.358 e. The third-order valence-electron chi connectivity index (χ3n) is 4.49. The van der Waals surface area contributed by atoms with E-state index in [0.29, 0.717) is 29.9 Å². The van der Waals surface area contributed by atoms with Crippen molar-refractivity contribution in [1.29, 1.82) is 0 Å². The van der Waals surface area contributed by atoms with Gasteiger partial charge in [-0.15, -0.1) is 0 Å². The molecule has 1 aromatic carbocycles. The summed E-state index contributed by atoms with van der Waals surface area (Å²) in [6.45, 7) is 10.7. The molecule has 0 radical (unpaired) electrons. The van der Waals surface area contributed by atoms with Crippen molar-refractivity contribution in [1.82, 2.24) is 25.1 Å². The van der Waals surface area contributed by atoms with Crippen molar-refractivity contribution in [2.45, 2.75) is 47.2 Å². The van der Waals surface area contributed by atoms with Crippen LogP contribution in [-0.4, -0.2) is 53.5 Å². The van der Waals surface area contributed by atoms with E-state index in [4.69, 9.17) is 11.6 Å². The van der Waals surface area contributed by atoms with Crippen molar-refractivity contribution in [2.24, 2.45) is 5.41 Å². The monoisotopic (exact) mass is 465 g/mol. The van der Waals surface area contributed by atoms with Crippen molar-refractivity contribution in [2.75, 3.05) is 27.2 Å². The molecule has 3 rings (SSSR count). The van der Waals surface area contributed by atoms with Gasteiger partial charge in [-0.05, 0) is 43.6 Å². The van der Waals surface area contributed by atoms with Gasteiger partial charge in [0.1, 0.15) is 11.6 Å². The molecule has 0 aliphatic carbocycles. The number of carbonyl (C=O) groups is 2. The number of carbonyl (C=O) groups excluding carboxylic acids is 2. The third-order valence-corrected chi connectivity index (χ3v) is 4.78. The molecule has 2 amide bonds. The first-order valence-electron chi connectivity index (χ1n) is 10.6. The fourth-order valence-electron chi connectivity index (χ4n) is 3.09. The molecule has 7 nitrogen and oxygen atoms in total. The Morgan fingerprint density at radius 2 is 1.88 bits per heavy atom. The first-order chi connectivity index (χ1) is 14.9. The zero-order valence-corrected chi connectivity index (χ0v) is 20.4. The number of rotatable bonds is 4. The molecule has 2 aromatic rings. The number of fused-ring (bicyclic) bond motifs is 1. The van der Waals surface area contributed by atoms with Crippen molar-refractivity contribution < 1.29 is 14.0 Å². The normalized spacial score (nSPS) is 14.0. The van der Waals surface area contributed by atoms with E-state index >= 15 is 0 Å². The molecule has 9 heteroatoms. The van der Waals surface area contributed by atoms with Gasteiger partial charge in [-0.1, -0.05) is 39.3 Å². The minimum atomic E-state index is -0.508. The Balaban J connectivity index is 0.000000654. The maximum absolute atomic E-state index is 13.5. The van der Waals surface area contributed by atoms with Crippen LogP contribution in [0.1, 0.15) is 50.3 Å². The molecule has 32 heavy (non-hydrogen) atoms. The number of benzene rings is 1. The van der Waals surface area contributed by atoms with Crippen LogP contribution in [0.3, 0.4) is 0 Å². The first-order valence-corrected chi connectivity index (χ1v) is 11.0. The van der Waals surface area contributed by atoms with E-state index in [-0.39, 0.29) is 23.2 Å². The fourth-order valence-corrected chi connectivity index (χ4v) is 3.27. The minimum absolute atomic E-state index is 0.00112. The molecule has 2 heterocycles. The summed E-state index contributed by atoms with van der Waals surface area (Å²) in [6, 6.07) is 4.39. The summed E-state index contributed by atoms with van der Waals surface area (Å²) < 4.78 is 15.5. The molecule has 0 atom stereocenters. The molecule has 0 saturated carbocycles. The second-order valence-electron chi connectivity index (χ2n) is 9.46. The topological polar surface area (TPSA) is 79.3 Å². The number of likely N-dealkylation sites (N-methyl/N-ethyl adjacent to an activating group) is 1. The van der Waals surface area contributed by atoms with Gasteiger partial charge in [-0.3, -0.25) is 9.59 Å². The van der Waals surface area contributed by atoms with E-state index in [1.165, 1.54) is 19.2 Å². The van der Waals surface area contributed by atoms with Gasteiger partial charge in [0.2, 0.25) is 5.91 Å². The maximum atomic E-state index is 13.5. The van der Waals surface area contributed by atoms with Crippen LogP contribution in [0.15, 0.2) is 18.2 Å². The quantitative estimate of drug-likeness (QED) is 0.721. The second-order valence-corrected chi connectivity index (χ2v) is 9.87. The number of halogens is 2. The number of imidazole rings is 1. The SMILES string of the molecule is CC(C)(C)C.CNC(=O)CNC(=O)c1nc(-c2ccc(F)c(Cl)c2)n2c1CN(C)CCC2. The van der Waals surface area contributed by atoms with Crippen LogP contribution in [0.4, 0.5) is 4.39 Å². The number of hydrogen-bond acceptors (Lipinski definition) is 4.